The Morgan fingerprint density at radius 3 is 2.41 bits per heavy atom. The number of nitrogens with zero attached hydrogens (tertiary/aromatic N) is 7. The zero-order valence-electron chi connectivity index (χ0n) is 20.6. The Kier molecular flexibility index (Phi) is 9.13. The first-order valence-corrected chi connectivity index (χ1v) is 11.6. The zero-order valence-corrected chi connectivity index (χ0v) is 23.1. The molecule has 0 saturated carbocycles. The number of hydrogen-bond acceptors (Lipinski definition) is 6. The summed E-state index contributed by atoms with van der Waals surface area (Å²) in [6.45, 7) is 0.493. The van der Waals surface area contributed by atoms with Crippen LogP contribution in [-0.2, 0) is 7.05 Å². The second kappa shape index (κ2) is 11.6. The van der Waals surface area contributed by atoms with Gasteiger partial charge in [0.2, 0.25) is 0 Å². The molecule has 0 radical (unpaired) electrons. The van der Waals surface area contributed by atoms with E-state index in [9.17, 15) is 13.2 Å². The summed E-state index contributed by atoms with van der Waals surface area (Å²) in [7, 11) is 1.85. The number of halogens is 6. The van der Waals surface area contributed by atoms with Crippen LogP contribution in [-0.4, -0.2) is 59.6 Å². The highest BCUT2D eigenvalue weighted by atomic mass is 35.5. The molecule has 1 aliphatic heterocycles. The lowest BCUT2D eigenvalue weighted by atomic mass is 10.1. The molecule has 5 heterocycles. The Balaban J connectivity index is 0.00000140. The number of likely N-dealkylation sites (tertiary alicyclic amines) is 1. The van der Waals surface area contributed by atoms with Gasteiger partial charge in [0.1, 0.15) is 11.7 Å². The van der Waals surface area contributed by atoms with Crippen LogP contribution in [0.3, 0.4) is 0 Å². The number of pyridine rings is 2. The predicted octanol–water partition coefficient (Wildman–Crippen LogP) is 5.25. The lowest BCUT2D eigenvalue weighted by Gasteiger charge is -2.30. The molecule has 1 fully saturated rings. The van der Waals surface area contributed by atoms with Gasteiger partial charge in [0.15, 0.2) is 11.5 Å². The second-order valence-corrected chi connectivity index (χ2v) is 9.21. The van der Waals surface area contributed by atoms with E-state index in [1.807, 2.05) is 37.5 Å². The maximum absolute atomic E-state index is 14.1. The summed E-state index contributed by atoms with van der Waals surface area (Å²) in [5, 5.41) is 13.6. The number of hydrogen-bond donors (Lipinski definition) is 1. The van der Waals surface area contributed by atoms with Crippen LogP contribution in [0.15, 0.2) is 61.1 Å². The predicted molar refractivity (Wildman–Crippen MR) is 151 cm³/mol. The van der Waals surface area contributed by atoms with Crippen LogP contribution in [0, 0.1) is 0 Å². The van der Waals surface area contributed by atoms with Gasteiger partial charge in [0, 0.05) is 49.5 Å². The van der Waals surface area contributed by atoms with Gasteiger partial charge >= 0.3 is 6.18 Å². The van der Waals surface area contributed by atoms with Gasteiger partial charge in [-0.2, -0.15) is 18.3 Å². The van der Waals surface area contributed by atoms with Gasteiger partial charge in [-0.3, -0.25) is 14.0 Å². The molecule has 4 aromatic heterocycles. The molecule has 14 heteroatoms. The van der Waals surface area contributed by atoms with Crippen molar-refractivity contribution in [3.05, 3.63) is 66.6 Å². The lowest BCUT2D eigenvalue weighted by molar-refractivity contribution is -0.183. The van der Waals surface area contributed by atoms with Crippen LogP contribution in [0.4, 0.5) is 13.2 Å². The minimum absolute atomic E-state index is 0. The zero-order chi connectivity index (χ0) is 25.0. The lowest BCUT2D eigenvalue weighted by Crippen LogP contribution is -2.38. The van der Waals surface area contributed by atoms with E-state index in [2.05, 4.69) is 15.3 Å². The van der Waals surface area contributed by atoms with E-state index in [0.717, 1.165) is 22.0 Å². The summed E-state index contributed by atoms with van der Waals surface area (Å²) in [5.41, 5.74) is 9.64. The average molecular weight is 602 g/mol. The molecule has 2 N–H and O–H groups in total. The molecule has 1 aromatic carbocycles. The molecule has 0 bridgehead atoms. The van der Waals surface area contributed by atoms with Crippen molar-refractivity contribution in [2.24, 2.45) is 12.8 Å². The van der Waals surface area contributed by atoms with Crippen LogP contribution in [0.5, 0.6) is 0 Å². The fourth-order valence-corrected chi connectivity index (χ4v) is 4.89. The largest absolute Gasteiger partial charge is 0.408 e. The summed E-state index contributed by atoms with van der Waals surface area (Å²) in [6.07, 6.45) is 1.25. The number of fused-ring (bicyclic) bond motifs is 2. The van der Waals surface area contributed by atoms with E-state index in [4.69, 9.17) is 10.7 Å². The molecule has 0 spiro atoms. The number of aromatic nitrogens is 6. The minimum atomic E-state index is -4.45. The van der Waals surface area contributed by atoms with Crippen LogP contribution in [0.25, 0.3) is 39.2 Å². The third-order valence-corrected chi connectivity index (χ3v) is 6.63. The van der Waals surface area contributed by atoms with Crippen molar-refractivity contribution in [1.82, 2.24) is 34.3 Å². The van der Waals surface area contributed by atoms with E-state index < -0.39 is 12.2 Å². The first kappa shape index (κ1) is 30.6. The number of rotatable bonds is 4. The molecule has 39 heavy (non-hydrogen) atoms. The normalized spacial score (nSPS) is 16.5. The molecule has 208 valence electrons. The van der Waals surface area contributed by atoms with E-state index in [1.54, 1.807) is 27.4 Å². The number of aryl methyl sites for hydroxylation is 1. The molecule has 1 aliphatic rings. The molecule has 0 unspecified atom stereocenters. The fourth-order valence-electron chi connectivity index (χ4n) is 4.89. The molecule has 8 nitrogen and oxygen atoms in total. The monoisotopic (exact) mass is 600 g/mol. The summed E-state index contributed by atoms with van der Waals surface area (Å²) >= 11 is 0. The highest BCUT2D eigenvalue weighted by molar-refractivity contribution is 5.86. The minimum Gasteiger partial charge on any atom is -0.326 e. The second-order valence-electron chi connectivity index (χ2n) is 9.21. The maximum atomic E-state index is 14.1. The standard InChI is InChI=1S/C25H23F3N8.3ClH/c1-34-12-18(11-30-34)16-3-2-15-4-6-20(31-21(15)10-16)24-33-32-22-7-5-17(13-36(22)24)23(25(26,27)28)35-9-8-19(29)14-35;;;/h2-7,10-13,19,23H,8-9,14,29H2,1H3;3*1H/t19-,23+;;;/m0.../s1. The average Bonchev–Trinajstić information content (AvgIpc) is 3.57. The molecule has 0 aliphatic carbocycles. The van der Waals surface area contributed by atoms with E-state index in [-0.39, 0.29) is 55.4 Å². The SMILES string of the molecule is Cl.Cl.Cl.Cn1cc(-c2ccc3ccc(-c4nnc5ccc([C@@H](N6CC[C@H](N)C6)C(F)(F)F)cn45)nc3c2)cn1. The van der Waals surface area contributed by atoms with Gasteiger partial charge in [-0.1, -0.05) is 24.3 Å². The van der Waals surface area contributed by atoms with Crippen molar-refractivity contribution in [2.45, 2.75) is 24.7 Å². The first-order chi connectivity index (χ1) is 17.3. The van der Waals surface area contributed by atoms with Gasteiger partial charge in [-0.15, -0.1) is 47.4 Å². The van der Waals surface area contributed by atoms with Gasteiger partial charge in [-0.25, -0.2) is 4.98 Å². The van der Waals surface area contributed by atoms with Crippen LogP contribution >= 0.6 is 37.2 Å². The summed E-state index contributed by atoms with van der Waals surface area (Å²) in [6, 6.07) is 10.7. The molecule has 0 amide bonds. The van der Waals surface area contributed by atoms with Crippen LogP contribution < -0.4 is 5.73 Å². The third kappa shape index (κ3) is 5.82. The van der Waals surface area contributed by atoms with Crippen molar-refractivity contribution in [3.63, 3.8) is 0 Å². The van der Waals surface area contributed by atoms with Gasteiger partial charge in [0.05, 0.1) is 11.7 Å². The molecular weight excluding hydrogens is 576 g/mol. The Morgan fingerprint density at radius 2 is 1.74 bits per heavy atom. The van der Waals surface area contributed by atoms with Gasteiger partial charge in [-0.05, 0) is 35.7 Å². The summed E-state index contributed by atoms with van der Waals surface area (Å²) in [5.74, 6) is 0.375. The number of nitrogens with two attached hydrogens (primary N) is 1. The topological polar surface area (TPSA) is 90.2 Å². The highest BCUT2D eigenvalue weighted by Gasteiger charge is 2.46. The molecule has 5 aromatic rings. The Bertz CT molecular complexity index is 1590. The van der Waals surface area contributed by atoms with E-state index in [0.29, 0.717) is 30.1 Å². The third-order valence-electron chi connectivity index (χ3n) is 6.63. The van der Waals surface area contributed by atoms with Crippen molar-refractivity contribution < 1.29 is 13.2 Å². The maximum Gasteiger partial charge on any atom is 0.408 e. The Morgan fingerprint density at radius 1 is 0.974 bits per heavy atom. The molecule has 6 rings (SSSR count). The van der Waals surface area contributed by atoms with Crippen molar-refractivity contribution >= 4 is 53.8 Å². The smallest absolute Gasteiger partial charge is 0.326 e. The highest BCUT2D eigenvalue weighted by Crippen LogP contribution is 2.39. The number of benzene rings is 1. The molecular formula is C25H26Cl3F3N8. The molecule has 1 saturated heterocycles. The van der Waals surface area contributed by atoms with E-state index >= 15 is 0 Å². The fraction of sp³-hybridized carbons (Fsp3) is 0.280. The van der Waals surface area contributed by atoms with Crippen molar-refractivity contribution in [1.29, 1.82) is 0 Å². The van der Waals surface area contributed by atoms with Crippen molar-refractivity contribution in [3.8, 4) is 22.6 Å². The van der Waals surface area contributed by atoms with Gasteiger partial charge in [0.25, 0.3) is 0 Å². The summed E-state index contributed by atoms with van der Waals surface area (Å²) in [4.78, 5) is 6.16. The van der Waals surface area contributed by atoms with Crippen molar-refractivity contribution in [2.75, 3.05) is 13.1 Å². The quantitative estimate of drug-likeness (QED) is 0.303. The van der Waals surface area contributed by atoms with E-state index in [1.165, 1.54) is 17.2 Å². The first-order valence-electron chi connectivity index (χ1n) is 11.6. The summed E-state index contributed by atoms with van der Waals surface area (Å²) < 4.78 is 45.7. The van der Waals surface area contributed by atoms with Crippen LogP contribution in [0.2, 0.25) is 0 Å². The Hall–Kier alpha value is -2.96. The Labute approximate surface area is 240 Å². The van der Waals surface area contributed by atoms with Gasteiger partial charge < -0.3 is 5.73 Å². The molecule has 2 atom stereocenters. The van der Waals surface area contributed by atoms with Crippen LogP contribution in [0.1, 0.15) is 18.0 Å². The number of alkyl halides is 3.